The number of hydrogen-bond acceptors (Lipinski definition) is 3. The van der Waals surface area contributed by atoms with Gasteiger partial charge in [0.2, 0.25) is 0 Å². The Morgan fingerprint density at radius 3 is 3.18 bits per heavy atom. The lowest BCUT2D eigenvalue weighted by atomic mass is 10.0. The number of nitrogens with zero attached hydrogens (tertiary/aromatic N) is 1. The molecule has 0 aromatic rings. The van der Waals surface area contributed by atoms with Crippen LogP contribution in [0.3, 0.4) is 0 Å². The fraction of sp³-hybridized carbons (Fsp3) is 0.625. The first-order valence-electron chi connectivity index (χ1n) is 4.12. The Bertz CT molecular complexity index is 190. The van der Waals surface area contributed by atoms with Crippen LogP contribution in [0.25, 0.3) is 0 Å². The van der Waals surface area contributed by atoms with Crippen LogP contribution in [0.15, 0.2) is 17.4 Å². The van der Waals surface area contributed by atoms with Gasteiger partial charge in [-0.1, -0.05) is 0 Å². The van der Waals surface area contributed by atoms with Crippen LogP contribution in [0.1, 0.15) is 6.42 Å². The monoisotopic (exact) mass is 151 g/mol. The first-order valence-corrected chi connectivity index (χ1v) is 4.12. The van der Waals surface area contributed by atoms with Crippen molar-refractivity contribution in [3.8, 4) is 0 Å². The maximum absolute atomic E-state index is 4.35. The molecule has 1 fully saturated rings. The van der Waals surface area contributed by atoms with Gasteiger partial charge in [0.25, 0.3) is 0 Å². The van der Waals surface area contributed by atoms with E-state index >= 15 is 0 Å². The van der Waals surface area contributed by atoms with Crippen LogP contribution < -0.4 is 10.6 Å². The van der Waals surface area contributed by atoms with Crippen molar-refractivity contribution in [2.45, 2.75) is 6.42 Å². The molecule has 1 atom stereocenters. The number of hydrogen-bond donors (Lipinski definition) is 2. The zero-order valence-electron chi connectivity index (χ0n) is 6.51. The molecule has 2 aliphatic rings. The molecule has 2 rings (SSSR count). The molecule has 0 aliphatic carbocycles. The third-order valence-electron chi connectivity index (χ3n) is 2.25. The molecule has 0 saturated carbocycles. The fourth-order valence-corrected chi connectivity index (χ4v) is 1.58. The van der Waals surface area contributed by atoms with Crippen LogP contribution in [0.5, 0.6) is 0 Å². The highest BCUT2D eigenvalue weighted by atomic mass is 15.0. The maximum Gasteiger partial charge on any atom is 0.0532 e. The maximum atomic E-state index is 4.35. The van der Waals surface area contributed by atoms with Gasteiger partial charge in [-0.25, -0.2) is 0 Å². The van der Waals surface area contributed by atoms with Gasteiger partial charge in [-0.05, 0) is 13.0 Å². The Morgan fingerprint density at radius 1 is 1.55 bits per heavy atom. The topological polar surface area (TPSA) is 36.4 Å². The summed E-state index contributed by atoms with van der Waals surface area (Å²) in [4.78, 5) is 4.35. The summed E-state index contributed by atoms with van der Waals surface area (Å²) in [5, 5.41) is 6.51. The molecule has 0 aromatic heterocycles. The average Bonchev–Trinajstić information content (AvgIpc) is 2.58. The summed E-state index contributed by atoms with van der Waals surface area (Å²) in [6, 6.07) is 0. The van der Waals surface area contributed by atoms with E-state index in [1.54, 1.807) is 0 Å². The first kappa shape index (κ1) is 6.85. The molecule has 0 spiro atoms. The van der Waals surface area contributed by atoms with Crippen molar-refractivity contribution in [2.75, 3.05) is 19.6 Å². The van der Waals surface area contributed by atoms with Crippen LogP contribution in [-0.4, -0.2) is 25.3 Å². The minimum atomic E-state index is 0.674. The zero-order valence-corrected chi connectivity index (χ0v) is 6.51. The second-order valence-electron chi connectivity index (χ2n) is 3.01. The van der Waals surface area contributed by atoms with E-state index in [1.807, 2.05) is 12.4 Å². The molecule has 3 heteroatoms. The van der Waals surface area contributed by atoms with Gasteiger partial charge < -0.3 is 10.6 Å². The molecule has 11 heavy (non-hydrogen) atoms. The Labute approximate surface area is 66.6 Å². The summed E-state index contributed by atoms with van der Waals surface area (Å²) in [6.45, 7) is 3.19. The van der Waals surface area contributed by atoms with Gasteiger partial charge >= 0.3 is 0 Å². The molecule has 60 valence electrons. The highest BCUT2D eigenvalue weighted by Crippen LogP contribution is 2.10. The van der Waals surface area contributed by atoms with Crippen molar-refractivity contribution in [1.82, 2.24) is 10.6 Å². The Kier molecular flexibility index (Phi) is 1.90. The molecule has 0 bridgehead atoms. The summed E-state index contributed by atoms with van der Waals surface area (Å²) < 4.78 is 0. The van der Waals surface area contributed by atoms with Gasteiger partial charge in [0.1, 0.15) is 0 Å². The average molecular weight is 151 g/mol. The van der Waals surface area contributed by atoms with Gasteiger partial charge in [-0.2, -0.15) is 0 Å². The highest BCUT2D eigenvalue weighted by Gasteiger charge is 2.20. The van der Waals surface area contributed by atoms with Crippen molar-refractivity contribution >= 4 is 5.71 Å². The summed E-state index contributed by atoms with van der Waals surface area (Å²) in [6.07, 6.45) is 4.98. The SMILES string of the molecule is C1=CNCC(C2CCNC2)=N1. The number of nitrogens with one attached hydrogen (secondary N) is 2. The van der Waals surface area contributed by atoms with E-state index < -0.39 is 0 Å². The quantitative estimate of drug-likeness (QED) is 0.558. The minimum Gasteiger partial charge on any atom is -0.384 e. The van der Waals surface area contributed by atoms with Crippen LogP contribution >= 0.6 is 0 Å². The van der Waals surface area contributed by atoms with E-state index in [-0.39, 0.29) is 0 Å². The second-order valence-corrected chi connectivity index (χ2v) is 3.01. The van der Waals surface area contributed by atoms with Crippen LogP contribution in [0.2, 0.25) is 0 Å². The predicted octanol–water partition coefficient (Wildman–Crippen LogP) is 0.111. The van der Waals surface area contributed by atoms with E-state index in [0.29, 0.717) is 5.92 Å². The smallest absolute Gasteiger partial charge is 0.0532 e. The van der Waals surface area contributed by atoms with Crippen molar-refractivity contribution in [2.24, 2.45) is 10.9 Å². The molecule has 2 heterocycles. The zero-order chi connectivity index (χ0) is 7.52. The summed E-state index contributed by atoms with van der Waals surface area (Å²) in [7, 11) is 0. The molecule has 2 aliphatic heterocycles. The molecule has 2 N–H and O–H groups in total. The van der Waals surface area contributed by atoms with Gasteiger partial charge in [-0.15, -0.1) is 0 Å². The Morgan fingerprint density at radius 2 is 2.55 bits per heavy atom. The van der Waals surface area contributed by atoms with Crippen molar-refractivity contribution in [1.29, 1.82) is 0 Å². The molecular weight excluding hydrogens is 138 g/mol. The highest BCUT2D eigenvalue weighted by molar-refractivity contribution is 5.90. The largest absolute Gasteiger partial charge is 0.384 e. The lowest BCUT2D eigenvalue weighted by molar-refractivity contribution is 0.744. The third-order valence-corrected chi connectivity index (χ3v) is 2.25. The normalized spacial score (nSPS) is 29.8. The lowest BCUT2D eigenvalue weighted by Gasteiger charge is -2.14. The van der Waals surface area contributed by atoms with Crippen LogP contribution in [-0.2, 0) is 0 Å². The van der Waals surface area contributed by atoms with E-state index in [4.69, 9.17) is 0 Å². The molecule has 1 unspecified atom stereocenters. The fourth-order valence-electron chi connectivity index (χ4n) is 1.58. The molecule has 0 radical (unpaired) electrons. The number of rotatable bonds is 1. The molecule has 1 saturated heterocycles. The summed E-state index contributed by atoms with van der Waals surface area (Å²) in [5.74, 6) is 0.674. The van der Waals surface area contributed by atoms with E-state index in [1.165, 1.54) is 12.1 Å². The molecular formula is C8H13N3. The van der Waals surface area contributed by atoms with Gasteiger partial charge in [0.05, 0.1) is 6.54 Å². The van der Waals surface area contributed by atoms with Crippen LogP contribution in [0, 0.1) is 5.92 Å². The van der Waals surface area contributed by atoms with Gasteiger partial charge in [0, 0.05) is 30.6 Å². The van der Waals surface area contributed by atoms with Crippen molar-refractivity contribution in [3.63, 3.8) is 0 Å². The Hall–Kier alpha value is -0.830. The van der Waals surface area contributed by atoms with E-state index in [9.17, 15) is 0 Å². The standard InChI is InChI=1S/C8H13N3/c1-2-9-5-7(1)8-6-10-3-4-11-8/h3-4,7,9-10H,1-2,5-6H2. The van der Waals surface area contributed by atoms with Crippen LogP contribution in [0.4, 0.5) is 0 Å². The molecule has 0 amide bonds. The minimum absolute atomic E-state index is 0.674. The Balaban J connectivity index is 2.02. The van der Waals surface area contributed by atoms with Crippen molar-refractivity contribution in [3.05, 3.63) is 12.4 Å². The first-order chi connectivity index (χ1) is 5.47. The van der Waals surface area contributed by atoms with Gasteiger partial charge in [-0.3, -0.25) is 4.99 Å². The molecule has 3 nitrogen and oxygen atoms in total. The third kappa shape index (κ3) is 1.43. The van der Waals surface area contributed by atoms with E-state index in [2.05, 4.69) is 15.6 Å². The lowest BCUT2D eigenvalue weighted by Crippen LogP contribution is -2.28. The van der Waals surface area contributed by atoms with E-state index in [0.717, 1.165) is 19.6 Å². The predicted molar refractivity (Wildman–Crippen MR) is 45.6 cm³/mol. The van der Waals surface area contributed by atoms with Crippen molar-refractivity contribution < 1.29 is 0 Å². The van der Waals surface area contributed by atoms with Gasteiger partial charge in [0.15, 0.2) is 0 Å². The summed E-state index contributed by atoms with van der Waals surface area (Å²) in [5.41, 5.74) is 1.30. The number of aliphatic imine (C=N–C) groups is 1. The molecule has 0 aromatic carbocycles. The summed E-state index contributed by atoms with van der Waals surface area (Å²) >= 11 is 0. The second kappa shape index (κ2) is 3.05.